The lowest BCUT2D eigenvalue weighted by Gasteiger charge is -2.35. The van der Waals surface area contributed by atoms with Crippen LogP contribution < -0.4 is 5.73 Å². The lowest BCUT2D eigenvalue weighted by Crippen LogP contribution is -2.39. The third kappa shape index (κ3) is 4.14. The molecule has 1 aromatic carbocycles. The maximum Gasteiger partial charge on any atom is 0.0359 e. The fraction of sp³-hybridized carbons (Fsp3) is 0.600. The van der Waals surface area contributed by atoms with Crippen LogP contribution in [0.1, 0.15) is 38.8 Å². The standard InChI is InChI=1S/C15H26N2/c1-5-11-17(4)12-15(2,3)14(16)13-9-7-6-8-10-13/h6-10,14H,5,11-12,16H2,1-4H3. The quantitative estimate of drug-likeness (QED) is 0.819. The van der Waals surface area contributed by atoms with Gasteiger partial charge >= 0.3 is 0 Å². The first-order valence-corrected chi connectivity index (χ1v) is 6.46. The topological polar surface area (TPSA) is 29.3 Å². The first-order valence-electron chi connectivity index (χ1n) is 6.46. The van der Waals surface area contributed by atoms with E-state index in [1.165, 1.54) is 12.0 Å². The SMILES string of the molecule is CCCN(C)CC(C)(C)C(N)c1ccccc1. The van der Waals surface area contributed by atoms with Gasteiger partial charge in [0.1, 0.15) is 0 Å². The average molecular weight is 234 g/mol. The summed E-state index contributed by atoms with van der Waals surface area (Å²) in [6.45, 7) is 8.86. The van der Waals surface area contributed by atoms with E-state index in [0.717, 1.165) is 13.1 Å². The first kappa shape index (κ1) is 14.2. The molecule has 0 aliphatic heterocycles. The number of benzene rings is 1. The second-order valence-electron chi connectivity index (χ2n) is 5.61. The molecule has 2 N–H and O–H groups in total. The van der Waals surface area contributed by atoms with E-state index in [2.05, 4.69) is 57.0 Å². The lowest BCUT2D eigenvalue weighted by molar-refractivity contribution is 0.177. The van der Waals surface area contributed by atoms with Gasteiger partial charge in [0.2, 0.25) is 0 Å². The highest BCUT2D eigenvalue weighted by molar-refractivity contribution is 5.20. The monoisotopic (exact) mass is 234 g/mol. The Labute approximate surface area is 106 Å². The minimum absolute atomic E-state index is 0.0861. The molecule has 1 aromatic rings. The zero-order valence-corrected chi connectivity index (χ0v) is 11.6. The van der Waals surface area contributed by atoms with Crippen molar-refractivity contribution in [3.05, 3.63) is 35.9 Å². The molecule has 2 nitrogen and oxygen atoms in total. The summed E-state index contributed by atoms with van der Waals surface area (Å²) in [7, 11) is 2.17. The molecule has 0 heterocycles. The van der Waals surface area contributed by atoms with Crippen molar-refractivity contribution in [2.24, 2.45) is 11.1 Å². The molecule has 1 rings (SSSR count). The van der Waals surface area contributed by atoms with Crippen LogP contribution in [0.2, 0.25) is 0 Å². The van der Waals surface area contributed by atoms with Crippen LogP contribution in [-0.2, 0) is 0 Å². The molecule has 0 fully saturated rings. The van der Waals surface area contributed by atoms with Crippen molar-refractivity contribution >= 4 is 0 Å². The minimum Gasteiger partial charge on any atom is -0.323 e. The highest BCUT2D eigenvalue weighted by Gasteiger charge is 2.28. The van der Waals surface area contributed by atoms with E-state index in [1.807, 2.05) is 6.07 Å². The number of nitrogens with two attached hydrogens (primary N) is 1. The summed E-state index contributed by atoms with van der Waals surface area (Å²) >= 11 is 0. The Kier molecular flexibility index (Phi) is 5.16. The molecule has 2 heteroatoms. The van der Waals surface area contributed by atoms with Crippen molar-refractivity contribution in [2.45, 2.75) is 33.2 Å². The minimum atomic E-state index is 0.0861. The molecule has 17 heavy (non-hydrogen) atoms. The summed E-state index contributed by atoms with van der Waals surface area (Å²) in [4.78, 5) is 2.36. The van der Waals surface area contributed by atoms with E-state index in [1.54, 1.807) is 0 Å². The van der Waals surface area contributed by atoms with Gasteiger partial charge < -0.3 is 10.6 Å². The molecule has 1 unspecified atom stereocenters. The maximum absolute atomic E-state index is 6.39. The molecule has 0 aromatic heterocycles. The van der Waals surface area contributed by atoms with E-state index in [-0.39, 0.29) is 11.5 Å². The Bertz CT molecular complexity index is 319. The number of hydrogen-bond acceptors (Lipinski definition) is 2. The van der Waals surface area contributed by atoms with Gasteiger partial charge in [0.25, 0.3) is 0 Å². The van der Waals surface area contributed by atoms with E-state index < -0.39 is 0 Å². The lowest BCUT2D eigenvalue weighted by atomic mass is 9.80. The number of nitrogens with zero attached hydrogens (tertiary/aromatic N) is 1. The number of hydrogen-bond donors (Lipinski definition) is 1. The van der Waals surface area contributed by atoms with Crippen LogP contribution in [0.4, 0.5) is 0 Å². The highest BCUT2D eigenvalue weighted by Crippen LogP contribution is 2.31. The molecule has 0 saturated heterocycles. The summed E-state index contributed by atoms with van der Waals surface area (Å²) < 4.78 is 0. The van der Waals surface area contributed by atoms with E-state index in [4.69, 9.17) is 5.73 Å². The van der Waals surface area contributed by atoms with Crippen LogP contribution in [0.15, 0.2) is 30.3 Å². The summed E-state index contributed by atoms with van der Waals surface area (Å²) in [5.41, 5.74) is 7.70. The smallest absolute Gasteiger partial charge is 0.0359 e. The van der Waals surface area contributed by atoms with Crippen LogP contribution in [0.25, 0.3) is 0 Å². The van der Waals surface area contributed by atoms with Crippen molar-refractivity contribution in [3.8, 4) is 0 Å². The Morgan fingerprint density at radius 1 is 1.24 bits per heavy atom. The summed E-state index contributed by atoms with van der Waals surface area (Å²) in [5.74, 6) is 0. The van der Waals surface area contributed by atoms with Crippen molar-refractivity contribution in [3.63, 3.8) is 0 Å². The molecule has 0 radical (unpaired) electrons. The van der Waals surface area contributed by atoms with Crippen LogP contribution in [0.3, 0.4) is 0 Å². The Hall–Kier alpha value is -0.860. The van der Waals surface area contributed by atoms with Gasteiger partial charge in [-0.2, -0.15) is 0 Å². The fourth-order valence-electron chi connectivity index (χ4n) is 2.37. The van der Waals surface area contributed by atoms with Gasteiger partial charge in [0.05, 0.1) is 0 Å². The second kappa shape index (κ2) is 6.18. The predicted octanol–water partition coefficient (Wildman–Crippen LogP) is 3.05. The van der Waals surface area contributed by atoms with Gasteiger partial charge in [-0.3, -0.25) is 0 Å². The van der Waals surface area contributed by atoms with Crippen molar-refractivity contribution < 1.29 is 0 Å². The first-order chi connectivity index (χ1) is 7.97. The van der Waals surface area contributed by atoms with E-state index in [9.17, 15) is 0 Å². The van der Waals surface area contributed by atoms with Crippen molar-refractivity contribution in [1.29, 1.82) is 0 Å². The summed E-state index contributed by atoms with van der Waals surface area (Å²) in [6, 6.07) is 10.5. The predicted molar refractivity (Wildman–Crippen MR) is 74.9 cm³/mol. The molecule has 0 aliphatic rings. The van der Waals surface area contributed by atoms with Gasteiger partial charge in [-0.25, -0.2) is 0 Å². The molecule has 1 atom stereocenters. The molecule has 0 saturated carbocycles. The van der Waals surface area contributed by atoms with Gasteiger partial charge in [-0.15, -0.1) is 0 Å². The van der Waals surface area contributed by atoms with E-state index >= 15 is 0 Å². The number of rotatable bonds is 6. The summed E-state index contributed by atoms with van der Waals surface area (Å²) in [5, 5.41) is 0. The Morgan fingerprint density at radius 3 is 2.35 bits per heavy atom. The van der Waals surface area contributed by atoms with E-state index in [0.29, 0.717) is 0 Å². The van der Waals surface area contributed by atoms with Crippen LogP contribution in [0, 0.1) is 5.41 Å². The van der Waals surface area contributed by atoms with Gasteiger partial charge in [0.15, 0.2) is 0 Å². The third-order valence-electron chi connectivity index (χ3n) is 3.28. The van der Waals surface area contributed by atoms with Crippen molar-refractivity contribution in [1.82, 2.24) is 4.90 Å². The van der Waals surface area contributed by atoms with Crippen LogP contribution in [-0.4, -0.2) is 25.0 Å². The fourth-order valence-corrected chi connectivity index (χ4v) is 2.37. The summed E-state index contributed by atoms with van der Waals surface area (Å²) in [6.07, 6.45) is 1.19. The Balaban J connectivity index is 2.69. The largest absolute Gasteiger partial charge is 0.323 e. The molecule has 0 bridgehead atoms. The van der Waals surface area contributed by atoms with Crippen molar-refractivity contribution in [2.75, 3.05) is 20.1 Å². The molecule has 0 spiro atoms. The molecule has 96 valence electrons. The molecule has 0 amide bonds. The average Bonchev–Trinajstić information content (AvgIpc) is 2.28. The molecular formula is C15H26N2. The highest BCUT2D eigenvalue weighted by atomic mass is 15.1. The molecule has 0 aliphatic carbocycles. The van der Waals surface area contributed by atoms with Crippen LogP contribution in [0.5, 0.6) is 0 Å². The zero-order valence-electron chi connectivity index (χ0n) is 11.6. The van der Waals surface area contributed by atoms with Gasteiger partial charge in [-0.05, 0) is 31.0 Å². The second-order valence-corrected chi connectivity index (χ2v) is 5.61. The zero-order chi connectivity index (χ0) is 12.9. The van der Waals surface area contributed by atoms with Gasteiger partial charge in [0, 0.05) is 12.6 Å². The molecular weight excluding hydrogens is 208 g/mol. The third-order valence-corrected chi connectivity index (χ3v) is 3.28. The Morgan fingerprint density at radius 2 is 1.82 bits per heavy atom. The maximum atomic E-state index is 6.39. The normalized spacial score (nSPS) is 14.0. The van der Waals surface area contributed by atoms with Crippen LogP contribution >= 0.6 is 0 Å². The van der Waals surface area contributed by atoms with Gasteiger partial charge in [-0.1, -0.05) is 51.1 Å².